The Balaban J connectivity index is 1.66. The zero-order valence-electron chi connectivity index (χ0n) is 20.1. The van der Waals surface area contributed by atoms with Crippen LogP contribution in [0.4, 0.5) is 4.39 Å². The van der Waals surface area contributed by atoms with Gasteiger partial charge in [-0.2, -0.15) is 0 Å². The number of hydrogen-bond acceptors (Lipinski definition) is 1. The predicted octanol–water partition coefficient (Wildman–Crippen LogP) is 8.77. The molecule has 3 aromatic carbocycles. The summed E-state index contributed by atoms with van der Waals surface area (Å²) in [7, 11) is -2.06. The van der Waals surface area contributed by atoms with Crippen molar-refractivity contribution in [3.63, 3.8) is 0 Å². The molecule has 4 heteroatoms. The van der Waals surface area contributed by atoms with Crippen LogP contribution in [-0.4, -0.2) is 13.3 Å². The summed E-state index contributed by atoms with van der Waals surface area (Å²) in [5, 5.41) is 3.84. The van der Waals surface area contributed by atoms with Crippen molar-refractivity contribution in [2.24, 2.45) is 0 Å². The molecule has 0 saturated heterocycles. The highest BCUT2D eigenvalue weighted by atomic mass is 28.4. The SMILES string of the molecule is CC(C)(C)[Si](C)(C)OC1=C(c2ccc(F)cc2)CCC1c1c[nH]c2c1ccc1ccccc12. The Kier molecular flexibility index (Phi) is 5.24. The van der Waals surface area contributed by atoms with Crippen molar-refractivity contribution < 1.29 is 8.82 Å². The number of allylic oxidation sites excluding steroid dienone is 2. The molecule has 0 amide bonds. The summed E-state index contributed by atoms with van der Waals surface area (Å²) in [5.41, 5.74) is 4.77. The Morgan fingerprint density at radius 2 is 1.67 bits per heavy atom. The first-order chi connectivity index (χ1) is 15.7. The molecule has 0 bridgehead atoms. The van der Waals surface area contributed by atoms with Gasteiger partial charge in [0, 0.05) is 22.9 Å². The van der Waals surface area contributed by atoms with E-state index in [1.54, 1.807) is 12.1 Å². The highest BCUT2D eigenvalue weighted by molar-refractivity contribution is 6.74. The smallest absolute Gasteiger partial charge is 0.250 e. The summed E-state index contributed by atoms with van der Waals surface area (Å²) in [6, 6.07) is 19.9. The molecule has 2 nitrogen and oxygen atoms in total. The molecule has 1 heterocycles. The van der Waals surface area contributed by atoms with Crippen molar-refractivity contribution in [2.45, 2.75) is 57.7 Å². The second kappa shape index (κ2) is 7.88. The third-order valence-electron chi connectivity index (χ3n) is 7.65. The fourth-order valence-electron chi connectivity index (χ4n) is 4.73. The molecule has 0 fully saturated rings. The summed E-state index contributed by atoms with van der Waals surface area (Å²) in [5.74, 6) is 1.07. The molecule has 0 saturated carbocycles. The molecule has 1 aliphatic carbocycles. The lowest BCUT2D eigenvalue weighted by Gasteiger charge is -2.38. The lowest BCUT2D eigenvalue weighted by Crippen LogP contribution is -2.41. The van der Waals surface area contributed by atoms with Gasteiger partial charge in [-0.1, -0.05) is 69.3 Å². The molecule has 1 aliphatic rings. The summed E-state index contributed by atoms with van der Waals surface area (Å²) in [4.78, 5) is 3.57. The van der Waals surface area contributed by atoms with Crippen LogP contribution in [0.1, 0.15) is 50.7 Å². The Hall–Kier alpha value is -2.85. The largest absolute Gasteiger partial charge is 0.546 e. The quantitative estimate of drug-likeness (QED) is 0.304. The van der Waals surface area contributed by atoms with Gasteiger partial charge in [0.15, 0.2) is 0 Å². The van der Waals surface area contributed by atoms with Gasteiger partial charge in [-0.25, -0.2) is 4.39 Å². The van der Waals surface area contributed by atoms with Crippen LogP contribution < -0.4 is 0 Å². The minimum Gasteiger partial charge on any atom is -0.546 e. The summed E-state index contributed by atoms with van der Waals surface area (Å²) >= 11 is 0. The Bertz CT molecular complexity index is 1360. The number of aromatic amines is 1. The van der Waals surface area contributed by atoms with Gasteiger partial charge in [0.1, 0.15) is 5.82 Å². The number of rotatable bonds is 4. The minimum atomic E-state index is -2.06. The maximum absolute atomic E-state index is 13.7. The average molecular weight is 458 g/mol. The van der Waals surface area contributed by atoms with Gasteiger partial charge in [-0.3, -0.25) is 0 Å². The Morgan fingerprint density at radius 3 is 2.39 bits per heavy atom. The third-order valence-corrected chi connectivity index (χ3v) is 12.0. The Morgan fingerprint density at radius 1 is 0.939 bits per heavy atom. The maximum Gasteiger partial charge on any atom is 0.250 e. The molecular formula is C29H32FNOSi. The van der Waals surface area contributed by atoms with E-state index in [9.17, 15) is 4.39 Å². The first kappa shape index (κ1) is 22.0. The van der Waals surface area contributed by atoms with Gasteiger partial charge in [-0.05, 0) is 65.2 Å². The van der Waals surface area contributed by atoms with Crippen molar-refractivity contribution in [1.29, 1.82) is 0 Å². The van der Waals surface area contributed by atoms with Crippen LogP contribution in [-0.2, 0) is 4.43 Å². The van der Waals surface area contributed by atoms with E-state index in [1.165, 1.54) is 32.8 Å². The van der Waals surface area contributed by atoms with Crippen molar-refractivity contribution in [1.82, 2.24) is 4.98 Å². The van der Waals surface area contributed by atoms with Gasteiger partial charge >= 0.3 is 0 Å². The van der Waals surface area contributed by atoms with E-state index >= 15 is 0 Å². The van der Waals surface area contributed by atoms with E-state index in [0.717, 1.165) is 24.2 Å². The number of aromatic nitrogens is 1. The van der Waals surface area contributed by atoms with E-state index < -0.39 is 8.32 Å². The molecule has 0 spiro atoms. The second-order valence-corrected chi connectivity index (χ2v) is 15.5. The van der Waals surface area contributed by atoms with E-state index in [2.05, 4.69) is 81.4 Å². The number of nitrogens with one attached hydrogen (secondary N) is 1. The zero-order valence-corrected chi connectivity index (χ0v) is 21.1. The number of halogens is 1. The number of fused-ring (bicyclic) bond motifs is 3. The fourth-order valence-corrected chi connectivity index (χ4v) is 5.85. The molecule has 0 radical (unpaired) electrons. The predicted molar refractivity (Wildman–Crippen MR) is 139 cm³/mol. The van der Waals surface area contributed by atoms with Crippen molar-refractivity contribution in [3.05, 3.63) is 89.6 Å². The second-order valence-electron chi connectivity index (χ2n) is 10.8. The van der Waals surface area contributed by atoms with Crippen molar-refractivity contribution >= 4 is 35.6 Å². The standard InChI is InChI=1S/C29H32FNOSi/c1-29(2,3)33(4,5)32-28-23(20-10-13-21(30)14-11-20)16-17-25(28)26-18-31-27-22-9-7-6-8-19(22)12-15-24(26)27/h6-15,18,25,31H,16-17H2,1-5H3. The molecule has 33 heavy (non-hydrogen) atoms. The van der Waals surface area contributed by atoms with Gasteiger partial charge in [0.05, 0.1) is 11.3 Å². The van der Waals surface area contributed by atoms with E-state index in [1.807, 2.05) is 12.1 Å². The minimum absolute atomic E-state index is 0.0947. The van der Waals surface area contributed by atoms with Crippen LogP contribution in [0.15, 0.2) is 72.6 Å². The molecule has 1 aromatic heterocycles. The van der Waals surface area contributed by atoms with Crippen molar-refractivity contribution in [3.8, 4) is 0 Å². The highest BCUT2D eigenvalue weighted by Gasteiger charge is 2.42. The van der Waals surface area contributed by atoms with Crippen molar-refractivity contribution in [2.75, 3.05) is 0 Å². The van der Waals surface area contributed by atoms with Crippen LogP contribution >= 0.6 is 0 Å². The first-order valence-electron chi connectivity index (χ1n) is 11.8. The molecule has 0 aliphatic heterocycles. The normalized spacial score (nSPS) is 17.3. The summed E-state index contributed by atoms with van der Waals surface area (Å²) in [6.07, 6.45) is 4.10. The summed E-state index contributed by atoms with van der Waals surface area (Å²) in [6.45, 7) is 11.4. The maximum atomic E-state index is 13.7. The van der Waals surface area contributed by atoms with E-state index in [4.69, 9.17) is 4.43 Å². The number of H-pyrrole nitrogens is 1. The van der Waals surface area contributed by atoms with Crippen LogP contribution in [0.5, 0.6) is 0 Å². The first-order valence-corrected chi connectivity index (χ1v) is 14.7. The molecule has 1 unspecified atom stereocenters. The van der Waals surface area contributed by atoms with Gasteiger partial charge in [-0.15, -0.1) is 0 Å². The lowest BCUT2D eigenvalue weighted by molar-refractivity contribution is 0.359. The van der Waals surface area contributed by atoms with Crippen LogP contribution in [0.25, 0.3) is 27.2 Å². The molecule has 170 valence electrons. The Labute approximate surface area is 196 Å². The zero-order chi connectivity index (χ0) is 23.4. The van der Waals surface area contributed by atoms with E-state index in [0.29, 0.717) is 0 Å². The third kappa shape index (κ3) is 3.80. The molecule has 1 N–H and O–H groups in total. The van der Waals surface area contributed by atoms with Crippen LogP contribution in [0.3, 0.4) is 0 Å². The lowest BCUT2D eigenvalue weighted by atomic mass is 9.95. The van der Waals surface area contributed by atoms with Gasteiger partial charge < -0.3 is 9.41 Å². The van der Waals surface area contributed by atoms with Crippen LogP contribution in [0, 0.1) is 5.82 Å². The summed E-state index contributed by atoms with van der Waals surface area (Å²) < 4.78 is 20.7. The number of hydrogen-bond donors (Lipinski definition) is 1. The number of benzene rings is 3. The highest BCUT2D eigenvalue weighted by Crippen LogP contribution is 2.50. The monoisotopic (exact) mass is 457 g/mol. The molecule has 4 aromatic rings. The topological polar surface area (TPSA) is 25.0 Å². The molecule has 5 rings (SSSR count). The van der Waals surface area contributed by atoms with E-state index in [-0.39, 0.29) is 16.8 Å². The van der Waals surface area contributed by atoms with Gasteiger partial charge in [0.25, 0.3) is 0 Å². The molecule has 1 atom stereocenters. The fraction of sp³-hybridized carbons (Fsp3) is 0.310. The average Bonchev–Trinajstić information content (AvgIpc) is 3.37. The van der Waals surface area contributed by atoms with Crippen LogP contribution in [0.2, 0.25) is 18.1 Å². The van der Waals surface area contributed by atoms with Gasteiger partial charge in [0.2, 0.25) is 8.32 Å². The molecular weight excluding hydrogens is 425 g/mol.